The minimum atomic E-state index is -0.874. The lowest BCUT2D eigenvalue weighted by molar-refractivity contribution is 0.404. The summed E-state index contributed by atoms with van der Waals surface area (Å²) in [5, 5.41) is 0. The van der Waals surface area contributed by atoms with Gasteiger partial charge in [-0.3, -0.25) is 0 Å². The first-order valence-corrected chi connectivity index (χ1v) is 5.63. The molecule has 0 heterocycles. The number of hydrogen-bond acceptors (Lipinski definition) is 2. The maximum Gasteiger partial charge on any atom is 0.198 e. The largest absolute Gasteiger partial charge is 0.451 e. The van der Waals surface area contributed by atoms with Crippen LogP contribution in [0.3, 0.4) is 0 Å². The summed E-state index contributed by atoms with van der Waals surface area (Å²) in [5.74, 6) is -2.79. The molecule has 0 aliphatic carbocycles. The van der Waals surface area contributed by atoms with E-state index in [4.69, 9.17) is 10.5 Å². The molecule has 0 bridgehead atoms. The van der Waals surface area contributed by atoms with E-state index in [-0.39, 0.29) is 12.3 Å². The average molecular weight is 267 g/mol. The average Bonchev–Trinajstić information content (AvgIpc) is 2.37. The summed E-state index contributed by atoms with van der Waals surface area (Å²) < 4.78 is 45.7. The van der Waals surface area contributed by atoms with Gasteiger partial charge in [0.15, 0.2) is 17.4 Å². The molecule has 0 atom stereocenters. The van der Waals surface area contributed by atoms with Crippen molar-refractivity contribution in [2.75, 3.05) is 0 Å². The molecule has 0 fully saturated rings. The Kier molecular flexibility index (Phi) is 3.76. The van der Waals surface area contributed by atoms with E-state index < -0.39 is 23.2 Å². The Bertz CT molecular complexity index is 591. The van der Waals surface area contributed by atoms with Crippen molar-refractivity contribution in [2.24, 2.45) is 5.73 Å². The molecule has 100 valence electrons. The third-order valence-electron chi connectivity index (χ3n) is 2.66. The Hall–Kier alpha value is -2.01. The second-order valence-electron chi connectivity index (χ2n) is 4.11. The standard InChI is InChI=1S/C14H12F3NO/c1-8-2-3-10(6-11(8)15)19-14-12(16)4-9(7-18)5-13(14)17/h2-6H,7,18H2,1H3. The fraction of sp³-hybridized carbons (Fsp3) is 0.143. The van der Waals surface area contributed by atoms with Gasteiger partial charge in [0, 0.05) is 12.6 Å². The molecule has 0 unspecified atom stereocenters. The minimum absolute atomic E-state index is 0.0211. The molecule has 0 saturated heterocycles. The summed E-state index contributed by atoms with van der Waals surface area (Å²) in [7, 11) is 0. The van der Waals surface area contributed by atoms with Crippen LogP contribution in [0.5, 0.6) is 11.5 Å². The van der Waals surface area contributed by atoms with Crippen LogP contribution in [0.15, 0.2) is 30.3 Å². The molecule has 0 aliphatic heterocycles. The van der Waals surface area contributed by atoms with Crippen LogP contribution in [0.4, 0.5) is 13.2 Å². The van der Waals surface area contributed by atoms with Crippen molar-refractivity contribution >= 4 is 0 Å². The van der Waals surface area contributed by atoms with E-state index in [0.717, 1.165) is 18.2 Å². The molecule has 0 spiro atoms. The fourth-order valence-electron chi connectivity index (χ4n) is 1.58. The Balaban J connectivity index is 2.35. The van der Waals surface area contributed by atoms with E-state index in [0.29, 0.717) is 11.1 Å². The first-order chi connectivity index (χ1) is 9.01. The molecule has 0 radical (unpaired) electrons. The Morgan fingerprint density at radius 3 is 2.16 bits per heavy atom. The molecule has 2 rings (SSSR count). The second-order valence-corrected chi connectivity index (χ2v) is 4.11. The zero-order valence-corrected chi connectivity index (χ0v) is 10.2. The van der Waals surface area contributed by atoms with Crippen molar-refractivity contribution in [3.05, 3.63) is 58.9 Å². The van der Waals surface area contributed by atoms with Gasteiger partial charge in [-0.2, -0.15) is 0 Å². The quantitative estimate of drug-likeness (QED) is 0.921. The highest BCUT2D eigenvalue weighted by molar-refractivity contribution is 5.37. The van der Waals surface area contributed by atoms with Crippen molar-refractivity contribution in [3.63, 3.8) is 0 Å². The van der Waals surface area contributed by atoms with Gasteiger partial charge in [0.05, 0.1) is 0 Å². The molecule has 2 nitrogen and oxygen atoms in total. The van der Waals surface area contributed by atoms with E-state index in [1.54, 1.807) is 6.92 Å². The summed E-state index contributed by atoms with van der Waals surface area (Å²) in [6, 6.07) is 6.15. The second kappa shape index (κ2) is 5.32. The van der Waals surface area contributed by atoms with E-state index >= 15 is 0 Å². The number of halogens is 3. The predicted molar refractivity (Wildman–Crippen MR) is 65.5 cm³/mol. The van der Waals surface area contributed by atoms with Crippen LogP contribution in [0, 0.1) is 24.4 Å². The SMILES string of the molecule is Cc1ccc(Oc2c(F)cc(CN)cc2F)cc1F. The fourth-order valence-corrected chi connectivity index (χ4v) is 1.58. The number of hydrogen-bond donors (Lipinski definition) is 1. The molecule has 2 N–H and O–H groups in total. The van der Waals surface area contributed by atoms with E-state index in [1.165, 1.54) is 12.1 Å². The normalized spacial score (nSPS) is 10.6. The van der Waals surface area contributed by atoms with Crippen LogP contribution in [0.25, 0.3) is 0 Å². The molecular formula is C14H12F3NO. The molecular weight excluding hydrogens is 255 g/mol. The highest BCUT2D eigenvalue weighted by Crippen LogP contribution is 2.29. The zero-order valence-electron chi connectivity index (χ0n) is 10.2. The van der Waals surface area contributed by atoms with Crippen molar-refractivity contribution in [3.8, 4) is 11.5 Å². The Morgan fingerprint density at radius 2 is 1.63 bits per heavy atom. The van der Waals surface area contributed by atoms with Gasteiger partial charge in [-0.25, -0.2) is 13.2 Å². The summed E-state index contributed by atoms with van der Waals surface area (Å²) in [5.41, 5.74) is 6.04. The minimum Gasteiger partial charge on any atom is -0.451 e. The molecule has 0 aromatic heterocycles. The summed E-state index contributed by atoms with van der Waals surface area (Å²) in [6.07, 6.45) is 0. The summed E-state index contributed by atoms with van der Waals surface area (Å²) >= 11 is 0. The number of rotatable bonds is 3. The van der Waals surface area contributed by atoms with Crippen LogP contribution in [-0.4, -0.2) is 0 Å². The van der Waals surface area contributed by atoms with Crippen LogP contribution < -0.4 is 10.5 Å². The first kappa shape index (κ1) is 13.4. The number of nitrogens with two attached hydrogens (primary N) is 1. The van der Waals surface area contributed by atoms with Crippen LogP contribution in [-0.2, 0) is 6.54 Å². The van der Waals surface area contributed by atoms with Gasteiger partial charge < -0.3 is 10.5 Å². The van der Waals surface area contributed by atoms with Gasteiger partial charge in [0.2, 0.25) is 0 Å². The van der Waals surface area contributed by atoms with Crippen molar-refractivity contribution < 1.29 is 17.9 Å². The van der Waals surface area contributed by atoms with Gasteiger partial charge in [-0.1, -0.05) is 6.07 Å². The first-order valence-electron chi connectivity index (χ1n) is 5.63. The highest BCUT2D eigenvalue weighted by atomic mass is 19.1. The zero-order chi connectivity index (χ0) is 14.0. The molecule has 2 aromatic rings. The van der Waals surface area contributed by atoms with E-state index in [2.05, 4.69) is 0 Å². The molecule has 2 aromatic carbocycles. The van der Waals surface area contributed by atoms with Gasteiger partial charge in [0.1, 0.15) is 11.6 Å². The maximum atomic E-state index is 13.6. The molecule has 0 amide bonds. The third kappa shape index (κ3) is 2.88. The lowest BCUT2D eigenvalue weighted by Crippen LogP contribution is -2.00. The Morgan fingerprint density at radius 1 is 1.00 bits per heavy atom. The van der Waals surface area contributed by atoms with Crippen molar-refractivity contribution in [1.29, 1.82) is 0 Å². The lowest BCUT2D eigenvalue weighted by atomic mass is 10.2. The smallest absolute Gasteiger partial charge is 0.198 e. The topological polar surface area (TPSA) is 35.2 Å². The third-order valence-corrected chi connectivity index (χ3v) is 2.66. The molecule has 5 heteroatoms. The molecule has 0 aliphatic rings. The van der Waals surface area contributed by atoms with Crippen molar-refractivity contribution in [1.82, 2.24) is 0 Å². The number of aryl methyl sites for hydroxylation is 1. The summed E-state index contributed by atoms with van der Waals surface area (Å²) in [6.45, 7) is 1.60. The molecule has 19 heavy (non-hydrogen) atoms. The van der Waals surface area contributed by atoms with Crippen LogP contribution in [0.1, 0.15) is 11.1 Å². The maximum absolute atomic E-state index is 13.6. The van der Waals surface area contributed by atoms with Gasteiger partial charge in [0.25, 0.3) is 0 Å². The van der Waals surface area contributed by atoms with Crippen LogP contribution in [0.2, 0.25) is 0 Å². The number of benzene rings is 2. The highest BCUT2D eigenvalue weighted by Gasteiger charge is 2.14. The number of ether oxygens (including phenoxy) is 1. The monoisotopic (exact) mass is 267 g/mol. The van der Waals surface area contributed by atoms with Gasteiger partial charge in [-0.15, -0.1) is 0 Å². The lowest BCUT2D eigenvalue weighted by Gasteiger charge is -2.10. The molecule has 0 saturated carbocycles. The van der Waals surface area contributed by atoms with Gasteiger partial charge >= 0.3 is 0 Å². The van der Waals surface area contributed by atoms with Gasteiger partial charge in [-0.05, 0) is 36.2 Å². The van der Waals surface area contributed by atoms with E-state index in [9.17, 15) is 13.2 Å². The van der Waals surface area contributed by atoms with E-state index in [1.807, 2.05) is 0 Å². The predicted octanol–water partition coefficient (Wildman–Crippen LogP) is 3.66. The van der Waals surface area contributed by atoms with Crippen molar-refractivity contribution in [2.45, 2.75) is 13.5 Å². The Labute approximate surface area is 108 Å². The van der Waals surface area contributed by atoms with Crippen LogP contribution >= 0.6 is 0 Å². The summed E-state index contributed by atoms with van der Waals surface area (Å²) in [4.78, 5) is 0.